The molecule has 1 aromatic rings. The van der Waals surface area contributed by atoms with Gasteiger partial charge < -0.3 is 15.4 Å². The molecule has 8 nitrogen and oxygen atoms in total. The number of benzene rings is 1. The number of alkyl carbamates (subject to hydrolysis) is 1. The van der Waals surface area contributed by atoms with Crippen LogP contribution in [0.15, 0.2) is 30.3 Å². The van der Waals surface area contributed by atoms with Gasteiger partial charge >= 0.3 is 6.09 Å². The fourth-order valence-electron chi connectivity index (χ4n) is 2.10. The van der Waals surface area contributed by atoms with Crippen molar-refractivity contribution in [3.8, 4) is 0 Å². The Morgan fingerprint density at radius 2 is 1.52 bits per heavy atom. The number of nitrogens with one attached hydrogen (secondary N) is 4. The lowest BCUT2D eigenvalue weighted by Gasteiger charge is -2.26. The molecule has 0 aliphatic heterocycles. The van der Waals surface area contributed by atoms with Gasteiger partial charge in [-0.2, -0.15) is 0 Å². The molecule has 150 valence electrons. The quantitative estimate of drug-likeness (QED) is 0.544. The molecule has 0 aromatic heterocycles. The highest BCUT2D eigenvalue weighted by Gasteiger charge is 2.28. The number of hydrogen-bond donors (Lipinski definition) is 4. The Morgan fingerprint density at radius 1 is 0.926 bits per heavy atom. The lowest BCUT2D eigenvalue weighted by atomic mass is 10.0. The molecule has 0 saturated heterocycles. The lowest BCUT2D eigenvalue weighted by Crippen LogP contribution is -2.55. The van der Waals surface area contributed by atoms with E-state index in [0.29, 0.717) is 0 Å². The van der Waals surface area contributed by atoms with Crippen molar-refractivity contribution in [1.29, 1.82) is 0 Å². The molecular weight excluding hydrogens is 348 g/mol. The molecule has 0 unspecified atom stereocenters. The monoisotopic (exact) mass is 378 g/mol. The molecule has 0 aliphatic carbocycles. The van der Waals surface area contributed by atoms with E-state index in [1.807, 2.05) is 18.2 Å². The molecule has 2 atom stereocenters. The van der Waals surface area contributed by atoms with Crippen molar-refractivity contribution >= 4 is 23.6 Å². The minimum atomic E-state index is -0.822. The zero-order valence-corrected chi connectivity index (χ0v) is 16.8. The van der Waals surface area contributed by atoms with Crippen LogP contribution in [0.4, 0.5) is 10.5 Å². The molecule has 0 bridgehead atoms. The third-order valence-electron chi connectivity index (χ3n) is 3.48. The van der Waals surface area contributed by atoms with Gasteiger partial charge in [-0.15, -0.1) is 0 Å². The average molecular weight is 378 g/mol. The highest BCUT2D eigenvalue weighted by Crippen LogP contribution is 2.09. The second kappa shape index (κ2) is 9.80. The summed E-state index contributed by atoms with van der Waals surface area (Å²) in [5.74, 6) is -1.06. The standard InChI is InChI=1S/C19H30N4O4/c1-12(2)15(21-18(26)27-19(4,5)6)17(25)20-13(3)16(24)23-22-14-10-8-7-9-11-14/h7-13,15,22H,1-6H3,(H,20,25)(H,21,26)(H,23,24)/t13-,15-/m0/s1. The van der Waals surface area contributed by atoms with Crippen molar-refractivity contribution in [2.75, 3.05) is 5.43 Å². The van der Waals surface area contributed by atoms with Crippen LogP contribution < -0.4 is 21.5 Å². The summed E-state index contributed by atoms with van der Waals surface area (Å²) in [6, 6.07) is 7.49. The van der Waals surface area contributed by atoms with Gasteiger partial charge in [-0.3, -0.25) is 20.4 Å². The van der Waals surface area contributed by atoms with Crippen molar-refractivity contribution in [3.05, 3.63) is 30.3 Å². The van der Waals surface area contributed by atoms with E-state index in [-0.39, 0.29) is 5.92 Å². The number of rotatable bonds is 7. The van der Waals surface area contributed by atoms with Crippen LogP contribution in [0.25, 0.3) is 0 Å². The molecule has 0 fully saturated rings. The number of hydrogen-bond acceptors (Lipinski definition) is 5. The lowest BCUT2D eigenvalue weighted by molar-refractivity contribution is -0.130. The van der Waals surface area contributed by atoms with E-state index in [1.165, 1.54) is 0 Å². The van der Waals surface area contributed by atoms with E-state index in [0.717, 1.165) is 5.69 Å². The number of anilines is 1. The third-order valence-corrected chi connectivity index (χ3v) is 3.48. The van der Waals surface area contributed by atoms with Crippen molar-refractivity contribution < 1.29 is 19.1 Å². The van der Waals surface area contributed by atoms with Gasteiger partial charge in [0.05, 0.1) is 5.69 Å². The molecule has 0 aliphatic rings. The maximum Gasteiger partial charge on any atom is 0.408 e. The van der Waals surface area contributed by atoms with Crippen LogP contribution >= 0.6 is 0 Å². The van der Waals surface area contributed by atoms with Crippen LogP contribution in [-0.2, 0) is 14.3 Å². The van der Waals surface area contributed by atoms with Crippen LogP contribution in [-0.4, -0.2) is 35.6 Å². The number of carbonyl (C=O) groups excluding carboxylic acids is 3. The molecule has 0 radical (unpaired) electrons. The molecule has 0 heterocycles. The molecule has 27 heavy (non-hydrogen) atoms. The van der Waals surface area contributed by atoms with Gasteiger partial charge in [0.15, 0.2) is 0 Å². The molecule has 3 amide bonds. The predicted molar refractivity (Wildman–Crippen MR) is 104 cm³/mol. The molecule has 0 saturated carbocycles. The SMILES string of the molecule is CC(C)[C@H](NC(=O)OC(C)(C)C)C(=O)N[C@@H](C)C(=O)NNc1ccccc1. The van der Waals surface area contributed by atoms with Gasteiger partial charge in [0.1, 0.15) is 17.7 Å². The zero-order chi connectivity index (χ0) is 20.6. The van der Waals surface area contributed by atoms with Crippen molar-refractivity contribution in [2.24, 2.45) is 5.92 Å². The molecule has 4 N–H and O–H groups in total. The largest absolute Gasteiger partial charge is 0.444 e. The highest BCUT2D eigenvalue weighted by atomic mass is 16.6. The Labute approximate surface area is 160 Å². The smallest absolute Gasteiger partial charge is 0.408 e. The van der Waals surface area contributed by atoms with Gasteiger partial charge in [-0.1, -0.05) is 32.0 Å². The van der Waals surface area contributed by atoms with Crippen molar-refractivity contribution in [1.82, 2.24) is 16.1 Å². The average Bonchev–Trinajstić information content (AvgIpc) is 2.56. The van der Waals surface area contributed by atoms with Gasteiger partial charge in [0, 0.05) is 0 Å². The highest BCUT2D eigenvalue weighted by molar-refractivity contribution is 5.91. The second-order valence-corrected chi connectivity index (χ2v) is 7.58. The molecule has 8 heteroatoms. The predicted octanol–water partition coefficient (Wildman–Crippen LogP) is 2.18. The first-order chi connectivity index (χ1) is 12.5. The van der Waals surface area contributed by atoms with E-state index in [4.69, 9.17) is 4.74 Å². The summed E-state index contributed by atoms with van der Waals surface area (Å²) in [6.07, 6.45) is -0.681. The number of para-hydroxylation sites is 1. The summed E-state index contributed by atoms with van der Waals surface area (Å²) >= 11 is 0. The number of hydrazine groups is 1. The zero-order valence-electron chi connectivity index (χ0n) is 16.8. The Kier molecular flexibility index (Phi) is 8.08. The summed E-state index contributed by atoms with van der Waals surface area (Å²) in [7, 11) is 0. The van der Waals surface area contributed by atoms with E-state index < -0.39 is 35.6 Å². The fourth-order valence-corrected chi connectivity index (χ4v) is 2.10. The van der Waals surface area contributed by atoms with Crippen LogP contribution in [0.3, 0.4) is 0 Å². The third kappa shape index (κ3) is 8.44. The summed E-state index contributed by atoms with van der Waals surface area (Å²) in [5, 5.41) is 5.16. The van der Waals surface area contributed by atoms with Crippen molar-refractivity contribution in [3.63, 3.8) is 0 Å². The molecule has 1 rings (SSSR count). The first-order valence-corrected chi connectivity index (χ1v) is 8.90. The minimum Gasteiger partial charge on any atom is -0.444 e. The first kappa shape index (κ1) is 22.3. The maximum atomic E-state index is 12.5. The Morgan fingerprint density at radius 3 is 2.04 bits per heavy atom. The van der Waals surface area contributed by atoms with E-state index in [9.17, 15) is 14.4 Å². The van der Waals surface area contributed by atoms with Gasteiger partial charge in [0.2, 0.25) is 5.91 Å². The molecule has 0 spiro atoms. The molecular formula is C19H30N4O4. The van der Waals surface area contributed by atoms with Crippen LogP contribution in [0.5, 0.6) is 0 Å². The van der Waals surface area contributed by atoms with Crippen LogP contribution in [0, 0.1) is 5.92 Å². The topological polar surface area (TPSA) is 109 Å². The maximum absolute atomic E-state index is 12.5. The Hall–Kier alpha value is -2.77. The van der Waals surface area contributed by atoms with E-state index in [1.54, 1.807) is 53.7 Å². The minimum absolute atomic E-state index is 0.185. The van der Waals surface area contributed by atoms with E-state index >= 15 is 0 Å². The Balaban J connectivity index is 2.58. The van der Waals surface area contributed by atoms with Crippen LogP contribution in [0.2, 0.25) is 0 Å². The molecule has 1 aromatic carbocycles. The Bertz CT molecular complexity index is 641. The van der Waals surface area contributed by atoms with Gasteiger partial charge in [0.25, 0.3) is 5.91 Å². The number of ether oxygens (including phenoxy) is 1. The second-order valence-electron chi connectivity index (χ2n) is 7.58. The van der Waals surface area contributed by atoms with Crippen LogP contribution in [0.1, 0.15) is 41.5 Å². The summed E-state index contributed by atoms with van der Waals surface area (Å²) in [4.78, 5) is 36.6. The fraction of sp³-hybridized carbons (Fsp3) is 0.526. The van der Waals surface area contributed by atoms with Crippen molar-refractivity contribution in [2.45, 2.75) is 59.2 Å². The van der Waals surface area contributed by atoms with E-state index in [2.05, 4.69) is 21.5 Å². The number of amides is 3. The normalized spacial score (nSPS) is 13.3. The summed E-state index contributed by atoms with van der Waals surface area (Å²) in [6.45, 7) is 10.4. The summed E-state index contributed by atoms with van der Waals surface area (Å²) < 4.78 is 5.19. The van der Waals surface area contributed by atoms with Gasteiger partial charge in [-0.25, -0.2) is 4.79 Å². The van der Waals surface area contributed by atoms with Gasteiger partial charge in [-0.05, 0) is 45.7 Å². The first-order valence-electron chi connectivity index (χ1n) is 8.90. The number of carbonyl (C=O) groups is 3. The summed E-state index contributed by atoms with van der Waals surface area (Å²) in [5.41, 5.74) is 5.35.